The molecule has 0 amide bonds. The van der Waals surface area contributed by atoms with Gasteiger partial charge < -0.3 is 23.8 Å². The smallest absolute Gasteiger partial charge is 0.226 e. The number of rotatable bonds is 7. The van der Waals surface area contributed by atoms with Gasteiger partial charge in [0.15, 0.2) is 5.76 Å². The van der Waals surface area contributed by atoms with Crippen molar-refractivity contribution in [1.29, 1.82) is 0 Å². The average Bonchev–Trinajstić information content (AvgIpc) is 3.56. The largest absolute Gasteiger partial charge is 0.497 e. The van der Waals surface area contributed by atoms with Gasteiger partial charge in [0.1, 0.15) is 24.2 Å². The number of hydrogen-bond donors (Lipinski definition) is 1. The number of anilines is 1. The number of carbonyl (C=O) groups is 1. The predicted molar refractivity (Wildman–Crippen MR) is 115 cm³/mol. The second-order valence-corrected chi connectivity index (χ2v) is 8.19. The van der Waals surface area contributed by atoms with Crippen LogP contribution in [0.2, 0.25) is 0 Å². The van der Waals surface area contributed by atoms with Crippen molar-refractivity contribution >= 4 is 11.5 Å². The van der Waals surface area contributed by atoms with Gasteiger partial charge in [0.2, 0.25) is 5.78 Å². The molecule has 0 radical (unpaired) electrons. The minimum absolute atomic E-state index is 0.105. The van der Waals surface area contributed by atoms with Gasteiger partial charge in [-0.05, 0) is 37.0 Å². The standard InChI is InChI=1S/C24H27N3O4/c1-29-18-8-4-7-17(13-18)25-22(20-14-27-10-12-30-15-21(27)26-20)23(28)24-19(9-11-31-24)16-5-2-3-6-16/h4,7-9,11,13-14,16,22,25H,2-3,5-6,10,12,15H2,1H3. The van der Waals surface area contributed by atoms with Gasteiger partial charge in [-0.1, -0.05) is 18.9 Å². The molecule has 7 nitrogen and oxygen atoms in total. The molecule has 0 bridgehead atoms. The molecule has 5 rings (SSSR count). The molecule has 1 aliphatic heterocycles. The Bertz CT molecular complexity index is 1040. The molecule has 1 aromatic carbocycles. The van der Waals surface area contributed by atoms with E-state index in [1.807, 2.05) is 36.5 Å². The van der Waals surface area contributed by atoms with Crippen LogP contribution < -0.4 is 10.1 Å². The molecule has 3 aromatic rings. The minimum atomic E-state index is -0.670. The lowest BCUT2D eigenvalue weighted by Crippen LogP contribution is -2.22. The van der Waals surface area contributed by atoms with Crippen molar-refractivity contribution in [3.63, 3.8) is 0 Å². The molecule has 1 unspecified atom stereocenters. The molecule has 2 aromatic heterocycles. The van der Waals surface area contributed by atoms with Crippen LogP contribution in [0.1, 0.15) is 65.3 Å². The van der Waals surface area contributed by atoms with Crippen LogP contribution in [0.4, 0.5) is 5.69 Å². The normalized spacial score (nSPS) is 17.3. The third-order valence-corrected chi connectivity index (χ3v) is 6.24. The Labute approximate surface area is 181 Å². The molecule has 7 heteroatoms. The summed E-state index contributed by atoms with van der Waals surface area (Å²) in [7, 11) is 1.63. The molecular formula is C24H27N3O4. The number of furan rings is 1. The number of aromatic nitrogens is 2. The summed E-state index contributed by atoms with van der Waals surface area (Å²) in [5, 5.41) is 3.38. The Kier molecular flexibility index (Phi) is 5.51. The fourth-order valence-corrected chi connectivity index (χ4v) is 4.61. The number of benzene rings is 1. The lowest BCUT2D eigenvalue weighted by molar-refractivity contribution is 0.0815. The number of ketones is 1. The van der Waals surface area contributed by atoms with Gasteiger partial charge >= 0.3 is 0 Å². The third-order valence-electron chi connectivity index (χ3n) is 6.24. The van der Waals surface area contributed by atoms with Crippen LogP contribution in [0.3, 0.4) is 0 Å². The van der Waals surface area contributed by atoms with E-state index >= 15 is 0 Å². The lowest BCUT2D eigenvalue weighted by Gasteiger charge is -2.18. The highest BCUT2D eigenvalue weighted by molar-refractivity contribution is 6.01. The molecule has 2 aliphatic rings. The van der Waals surface area contributed by atoms with Gasteiger partial charge in [-0.15, -0.1) is 0 Å². The molecule has 1 N–H and O–H groups in total. The first-order valence-corrected chi connectivity index (χ1v) is 10.9. The number of Topliss-reactive ketones (excluding diaryl/α,β-unsaturated/α-hetero) is 1. The fraction of sp³-hybridized carbons (Fsp3) is 0.417. The minimum Gasteiger partial charge on any atom is -0.497 e. The zero-order chi connectivity index (χ0) is 21.2. The van der Waals surface area contributed by atoms with Gasteiger partial charge in [0, 0.05) is 30.1 Å². The highest BCUT2D eigenvalue weighted by Gasteiger charge is 2.32. The molecular weight excluding hydrogens is 394 g/mol. The first-order chi connectivity index (χ1) is 15.2. The van der Waals surface area contributed by atoms with Crippen LogP contribution in [0.25, 0.3) is 0 Å². The van der Waals surface area contributed by atoms with Crippen LogP contribution in [-0.2, 0) is 17.9 Å². The van der Waals surface area contributed by atoms with Gasteiger partial charge in [-0.25, -0.2) is 4.98 Å². The van der Waals surface area contributed by atoms with Crippen molar-refractivity contribution in [3.05, 3.63) is 65.6 Å². The summed E-state index contributed by atoms with van der Waals surface area (Å²) in [6.45, 7) is 1.83. The highest BCUT2D eigenvalue weighted by Crippen LogP contribution is 2.38. The number of ether oxygens (including phenoxy) is 2. The average molecular weight is 421 g/mol. The molecule has 1 saturated carbocycles. The van der Waals surface area contributed by atoms with Crippen LogP contribution >= 0.6 is 0 Å². The van der Waals surface area contributed by atoms with E-state index < -0.39 is 6.04 Å². The molecule has 1 fully saturated rings. The van der Waals surface area contributed by atoms with E-state index in [4.69, 9.17) is 18.9 Å². The van der Waals surface area contributed by atoms with Gasteiger partial charge in [-0.2, -0.15) is 0 Å². The highest BCUT2D eigenvalue weighted by atomic mass is 16.5. The number of carbonyl (C=O) groups excluding carboxylic acids is 1. The van der Waals surface area contributed by atoms with E-state index in [1.54, 1.807) is 13.4 Å². The first-order valence-electron chi connectivity index (χ1n) is 10.9. The number of nitrogens with one attached hydrogen (secondary N) is 1. The van der Waals surface area contributed by atoms with E-state index in [0.717, 1.165) is 42.2 Å². The summed E-state index contributed by atoms with van der Waals surface area (Å²) in [5.74, 6) is 2.28. The Morgan fingerprint density at radius 2 is 2.16 bits per heavy atom. The first kappa shape index (κ1) is 19.9. The second-order valence-electron chi connectivity index (χ2n) is 8.19. The predicted octanol–water partition coefficient (Wildman–Crippen LogP) is 4.71. The van der Waals surface area contributed by atoms with Crippen LogP contribution in [0.15, 0.2) is 47.2 Å². The van der Waals surface area contributed by atoms with Crippen molar-refractivity contribution in [2.75, 3.05) is 19.0 Å². The van der Waals surface area contributed by atoms with E-state index in [0.29, 0.717) is 30.6 Å². The molecule has 0 spiro atoms. The summed E-state index contributed by atoms with van der Waals surface area (Å²) < 4.78 is 18.7. The van der Waals surface area contributed by atoms with Crippen molar-refractivity contribution in [2.45, 2.75) is 50.8 Å². The van der Waals surface area contributed by atoms with Crippen molar-refractivity contribution in [3.8, 4) is 5.75 Å². The summed E-state index contributed by atoms with van der Waals surface area (Å²) >= 11 is 0. The number of methoxy groups -OCH3 is 1. The Balaban J connectivity index is 1.51. The van der Waals surface area contributed by atoms with Crippen molar-refractivity contribution < 1.29 is 18.7 Å². The Hall–Kier alpha value is -3.06. The van der Waals surface area contributed by atoms with Crippen LogP contribution in [0, 0.1) is 0 Å². The van der Waals surface area contributed by atoms with E-state index in [-0.39, 0.29) is 5.78 Å². The van der Waals surface area contributed by atoms with E-state index in [2.05, 4.69) is 9.88 Å². The van der Waals surface area contributed by atoms with E-state index in [9.17, 15) is 4.79 Å². The molecule has 31 heavy (non-hydrogen) atoms. The SMILES string of the molecule is COc1cccc(NC(C(=O)c2occc2C2CCCC2)c2cn3c(n2)COCC3)c1. The topological polar surface area (TPSA) is 78.5 Å². The van der Waals surface area contributed by atoms with E-state index in [1.165, 1.54) is 12.8 Å². The van der Waals surface area contributed by atoms with Crippen molar-refractivity contribution in [2.24, 2.45) is 0 Å². The lowest BCUT2D eigenvalue weighted by atomic mass is 9.94. The summed E-state index contributed by atoms with van der Waals surface area (Å²) in [6.07, 6.45) is 8.18. The third kappa shape index (κ3) is 3.97. The summed E-state index contributed by atoms with van der Waals surface area (Å²) in [5.41, 5.74) is 2.48. The quantitative estimate of drug-likeness (QED) is 0.557. The monoisotopic (exact) mass is 421 g/mol. The number of fused-ring (bicyclic) bond motifs is 1. The molecule has 162 valence electrons. The fourth-order valence-electron chi connectivity index (χ4n) is 4.61. The molecule has 1 aliphatic carbocycles. The number of hydrogen-bond acceptors (Lipinski definition) is 6. The second kappa shape index (κ2) is 8.59. The van der Waals surface area contributed by atoms with Gasteiger partial charge in [0.25, 0.3) is 0 Å². The Morgan fingerprint density at radius 1 is 1.29 bits per heavy atom. The van der Waals surface area contributed by atoms with Gasteiger partial charge in [0.05, 0.1) is 25.7 Å². The summed E-state index contributed by atoms with van der Waals surface area (Å²) in [6, 6.07) is 8.85. The number of nitrogens with zero attached hydrogens (tertiary/aromatic N) is 2. The number of imidazole rings is 1. The summed E-state index contributed by atoms with van der Waals surface area (Å²) in [4.78, 5) is 18.5. The Morgan fingerprint density at radius 3 is 2.97 bits per heavy atom. The maximum absolute atomic E-state index is 13.8. The molecule has 1 atom stereocenters. The zero-order valence-corrected chi connectivity index (χ0v) is 17.7. The maximum atomic E-state index is 13.8. The van der Waals surface area contributed by atoms with Crippen LogP contribution in [0.5, 0.6) is 5.75 Å². The zero-order valence-electron chi connectivity index (χ0n) is 17.7. The molecule has 0 saturated heterocycles. The van der Waals surface area contributed by atoms with Gasteiger partial charge in [-0.3, -0.25) is 4.79 Å². The van der Waals surface area contributed by atoms with Crippen molar-refractivity contribution in [1.82, 2.24) is 9.55 Å². The molecule has 3 heterocycles. The maximum Gasteiger partial charge on any atom is 0.226 e. The van der Waals surface area contributed by atoms with Crippen LogP contribution in [-0.4, -0.2) is 29.1 Å².